The van der Waals surface area contributed by atoms with Crippen molar-refractivity contribution in [1.29, 1.82) is 0 Å². The van der Waals surface area contributed by atoms with Gasteiger partial charge in [0, 0.05) is 30.9 Å². The van der Waals surface area contributed by atoms with Crippen molar-refractivity contribution in [2.75, 3.05) is 43.9 Å². The van der Waals surface area contributed by atoms with Crippen LogP contribution in [0.25, 0.3) is 0 Å². The van der Waals surface area contributed by atoms with Crippen molar-refractivity contribution in [1.82, 2.24) is 9.80 Å². The number of carbonyl (C=O) groups excluding carboxylic acids is 2. The molecule has 3 N–H and O–H groups in total. The average molecular weight is 665 g/mol. The van der Waals surface area contributed by atoms with Gasteiger partial charge in [0.1, 0.15) is 17.6 Å². The Labute approximate surface area is 265 Å². The zero-order valence-corrected chi connectivity index (χ0v) is 26.4. The summed E-state index contributed by atoms with van der Waals surface area (Å²) in [5.74, 6) is -0.213. The van der Waals surface area contributed by atoms with Crippen LogP contribution in [0.2, 0.25) is 0 Å². The molecule has 0 bridgehead atoms. The lowest BCUT2D eigenvalue weighted by atomic mass is 9.99. The van der Waals surface area contributed by atoms with Crippen LogP contribution in [0.1, 0.15) is 29.8 Å². The van der Waals surface area contributed by atoms with Gasteiger partial charge in [0.2, 0.25) is 0 Å². The van der Waals surface area contributed by atoms with Crippen molar-refractivity contribution in [3.05, 3.63) is 77.9 Å². The van der Waals surface area contributed by atoms with Crippen LogP contribution in [-0.2, 0) is 16.2 Å². The third-order valence-corrected chi connectivity index (χ3v) is 8.95. The molecule has 4 rings (SSSR count). The first-order valence-corrected chi connectivity index (χ1v) is 15.7. The van der Waals surface area contributed by atoms with Gasteiger partial charge >= 0.3 is 12.2 Å². The molecular formula is C31H35F3N4O7S. The van der Waals surface area contributed by atoms with Gasteiger partial charge in [-0.15, -0.1) is 0 Å². The summed E-state index contributed by atoms with van der Waals surface area (Å²) in [6, 6.07) is 12.9. The fourth-order valence-corrected chi connectivity index (χ4v) is 5.84. The van der Waals surface area contributed by atoms with Crippen LogP contribution < -0.4 is 19.5 Å². The number of alkyl halides is 3. The van der Waals surface area contributed by atoms with Gasteiger partial charge in [0.25, 0.3) is 15.9 Å². The zero-order chi connectivity index (χ0) is 33.8. The predicted octanol–water partition coefficient (Wildman–Crippen LogP) is 4.90. The molecule has 46 heavy (non-hydrogen) atoms. The second-order valence-corrected chi connectivity index (χ2v) is 12.7. The Bertz CT molecular complexity index is 1650. The number of hydrogen-bond acceptors (Lipinski definition) is 7. The van der Waals surface area contributed by atoms with E-state index in [0.717, 1.165) is 24.3 Å². The molecule has 0 radical (unpaired) electrons. The molecule has 1 aliphatic rings. The molecule has 0 aromatic heterocycles. The number of halogens is 3. The first-order chi connectivity index (χ1) is 21.6. The van der Waals surface area contributed by atoms with Gasteiger partial charge < -0.3 is 29.7 Å². The Morgan fingerprint density at radius 1 is 1.11 bits per heavy atom. The predicted molar refractivity (Wildman–Crippen MR) is 165 cm³/mol. The van der Waals surface area contributed by atoms with Crippen LogP contribution in [0.4, 0.5) is 29.3 Å². The highest BCUT2D eigenvalue weighted by atomic mass is 32.2. The maximum Gasteiger partial charge on any atom is 0.416 e. The first kappa shape index (κ1) is 34.4. The van der Waals surface area contributed by atoms with E-state index in [1.54, 1.807) is 6.92 Å². The number of ether oxygens (including phenoxy) is 2. The van der Waals surface area contributed by atoms with Crippen molar-refractivity contribution in [2.24, 2.45) is 5.92 Å². The van der Waals surface area contributed by atoms with Gasteiger partial charge in [-0.05, 0) is 73.7 Å². The lowest BCUT2D eigenvalue weighted by Crippen LogP contribution is -2.50. The highest BCUT2D eigenvalue weighted by molar-refractivity contribution is 7.92. The number of methoxy groups -OCH3 is 1. The Balaban J connectivity index is 1.57. The van der Waals surface area contributed by atoms with E-state index in [1.807, 2.05) is 6.92 Å². The molecule has 0 aliphatic carbocycles. The number of urea groups is 1. The van der Waals surface area contributed by atoms with Gasteiger partial charge in [0.15, 0.2) is 0 Å². The number of sulfonamides is 1. The van der Waals surface area contributed by atoms with Gasteiger partial charge in [-0.1, -0.05) is 6.92 Å². The molecule has 3 amide bonds. The molecule has 3 atom stereocenters. The molecule has 15 heteroatoms. The van der Waals surface area contributed by atoms with Crippen LogP contribution in [0, 0.1) is 5.92 Å². The van der Waals surface area contributed by atoms with Crippen molar-refractivity contribution in [2.45, 2.75) is 37.1 Å². The molecule has 3 aromatic rings. The third kappa shape index (κ3) is 8.01. The number of likely N-dealkylation sites (N-methyl/N-ethyl adjacent to an activating group) is 1. The summed E-state index contributed by atoms with van der Waals surface area (Å²) in [5, 5.41) is 12.5. The van der Waals surface area contributed by atoms with E-state index in [4.69, 9.17) is 9.47 Å². The number of rotatable bonds is 9. The third-order valence-electron chi connectivity index (χ3n) is 7.55. The number of hydrogen-bond donors (Lipinski definition) is 3. The number of carbonyl (C=O) groups is 2. The first-order valence-electron chi connectivity index (χ1n) is 14.2. The van der Waals surface area contributed by atoms with E-state index in [0.29, 0.717) is 5.75 Å². The second kappa shape index (κ2) is 13.9. The summed E-state index contributed by atoms with van der Waals surface area (Å²) in [6.45, 7) is 3.31. The number of anilines is 2. The minimum absolute atomic E-state index is 0.0223. The second-order valence-electron chi connectivity index (χ2n) is 11.0. The highest BCUT2D eigenvalue weighted by Gasteiger charge is 2.35. The van der Waals surface area contributed by atoms with E-state index in [-0.39, 0.29) is 53.2 Å². The largest absolute Gasteiger partial charge is 0.497 e. The molecule has 1 heterocycles. The van der Waals surface area contributed by atoms with E-state index in [9.17, 15) is 36.3 Å². The number of nitrogens with one attached hydrogen (secondary N) is 2. The number of amides is 3. The molecule has 1 aliphatic heterocycles. The quantitative estimate of drug-likeness (QED) is 0.296. The van der Waals surface area contributed by atoms with E-state index in [2.05, 4.69) is 10.0 Å². The van der Waals surface area contributed by atoms with Crippen LogP contribution in [-0.4, -0.2) is 81.3 Å². The fourth-order valence-electron chi connectivity index (χ4n) is 4.79. The lowest BCUT2D eigenvalue weighted by molar-refractivity contribution is -0.137. The van der Waals surface area contributed by atoms with Crippen LogP contribution in [0.15, 0.2) is 71.6 Å². The standard InChI is InChI=1S/C31H35F3N4O7S/c1-19-16-38(20(2)18-39)29(40)26-15-23(36-46(42,43)25-12-10-24(44-4)11-13-25)9-14-27(26)45-28(19)17-37(3)30(41)35-22-7-5-21(6-8-22)31(32,33)34/h5-15,19-20,28,36,39H,16-18H2,1-4H3,(H,35,41)/t19-,20+,28-/m0/s1. The summed E-state index contributed by atoms with van der Waals surface area (Å²) in [7, 11) is -1.08. The molecule has 248 valence electrons. The Morgan fingerprint density at radius 2 is 1.74 bits per heavy atom. The fraction of sp³-hybridized carbons (Fsp3) is 0.355. The molecular weight excluding hydrogens is 629 g/mol. The minimum atomic E-state index is -4.51. The van der Waals surface area contributed by atoms with Crippen molar-refractivity contribution in [3.63, 3.8) is 0 Å². The van der Waals surface area contributed by atoms with E-state index in [1.165, 1.54) is 66.4 Å². The smallest absolute Gasteiger partial charge is 0.416 e. The summed E-state index contributed by atoms with van der Waals surface area (Å²) >= 11 is 0. The topological polar surface area (TPSA) is 138 Å². The number of aliphatic hydroxyl groups is 1. The summed E-state index contributed by atoms with van der Waals surface area (Å²) < 4.78 is 78.6. The number of fused-ring (bicyclic) bond motifs is 1. The van der Waals surface area contributed by atoms with Crippen molar-refractivity contribution in [3.8, 4) is 11.5 Å². The molecule has 0 unspecified atom stereocenters. The molecule has 11 nitrogen and oxygen atoms in total. The van der Waals surface area contributed by atoms with Crippen LogP contribution >= 0.6 is 0 Å². The molecule has 0 saturated heterocycles. The molecule has 0 fully saturated rings. The number of aliphatic hydroxyl groups excluding tert-OH is 1. The van der Waals surface area contributed by atoms with Gasteiger partial charge in [-0.3, -0.25) is 9.52 Å². The van der Waals surface area contributed by atoms with E-state index < -0.39 is 45.8 Å². The van der Waals surface area contributed by atoms with Gasteiger partial charge in [-0.2, -0.15) is 13.2 Å². The highest BCUT2D eigenvalue weighted by Crippen LogP contribution is 2.32. The normalized spacial score (nSPS) is 17.6. The summed E-state index contributed by atoms with van der Waals surface area (Å²) in [4.78, 5) is 29.4. The zero-order valence-electron chi connectivity index (χ0n) is 25.5. The van der Waals surface area contributed by atoms with Gasteiger partial charge in [0.05, 0.1) is 42.3 Å². The number of benzene rings is 3. The Kier molecular flexibility index (Phi) is 10.4. The van der Waals surface area contributed by atoms with Crippen molar-refractivity contribution >= 4 is 33.3 Å². The average Bonchev–Trinajstić information content (AvgIpc) is 3.02. The Morgan fingerprint density at radius 3 is 2.33 bits per heavy atom. The maximum absolute atomic E-state index is 13.7. The molecule has 0 spiro atoms. The monoisotopic (exact) mass is 664 g/mol. The van der Waals surface area contributed by atoms with Crippen LogP contribution in [0.5, 0.6) is 11.5 Å². The van der Waals surface area contributed by atoms with E-state index >= 15 is 0 Å². The summed E-state index contributed by atoms with van der Waals surface area (Å²) in [6.07, 6.45) is -5.18. The summed E-state index contributed by atoms with van der Waals surface area (Å²) in [5.41, 5.74) is -0.535. The Hall–Kier alpha value is -4.50. The number of nitrogens with zero attached hydrogens (tertiary/aromatic N) is 2. The molecule has 3 aromatic carbocycles. The van der Waals surface area contributed by atoms with Crippen molar-refractivity contribution < 1.29 is 45.8 Å². The SMILES string of the molecule is COc1ccc(S(=O)(=O)Nc2ccc3c(c2)C(=O)N([C@H](C)CO)C[C@H](C)[C@H](CN(C)C(=O)Nc2ccc(C(F)(F)F)cc2)O3)cc1. The van der Waals surface area contributed by atoms with Gasteiger partial charge in [-0.25, -0.2) is 13.2 Å². The lowest BCUT2D eigenvalue weighted by Gasteiger charge is -2.38. The van der Waals surface area contributed by atoms with Crippen LogP contribution in [0.3, 0.4) is 0 Å². The maximum atomic E-state index is 13.7. The minimum Gasteiger partial charge on any atom is -0.497 e. The molecule has 0 saturated carbocycles.